The zero-order valence-electron chi connectivity index (χ0n) is 15.2. The first-order chi connectivity index (χ1) is 12.8. The highest BCUT2D eigenvalue weighted by atomic mass is 32.1. The second-order valence-electron chi connectivity index (χ2n) is 7.38. The Morgan fingerprint density at radius 3 is 2.96 bits per heavy atom. The number of nitrogens with zero attached hydrogens (tertiary/aromatic N) is 2. The molecule has 1 fully saturated rings. The number of pyridine rings is 1. The molecule has 4 rings (SSSR count). The van der Waals surface area contributed by atoms with Gasteiger partial charge < -0.3 is 10.2 Å². The van der Waals surface area contributed by atoms with E-state index in [1.165, 1.54) is 41.3 Å². The highest BCUT2D eigenvalue weighted by Crippen LogP contribution is 2.31. The molecule has 26 heavy (non-hydrogen) atoms. The van der Waals surface area contributed by atoms with E-state index in [0.717, 1.165) is 44.7 Å². The summed E-state index contributed by atoms with van der Waals surface area (Å²) in [6.07, 6.45) is 12.2. The molecule has 4 nitrogen and oxygen atoms in total. The van der Waals surface area contributed by atoms with E-state index < -0.39 is 0 Å². The van der Waals surface area contributed by atoms with E-state index in [1.54, 1.807) is 11.3 Å². The highest BCUT2D eigenvalue weighted by molar-refractivity contribution is 7.17. The van der Waals surface area contributed by atoms with Crippen LogP contribution in [-0.4, -0.2) is 30.5 Å². The topological polar surface area (TPSA) is 45.2 Å². The number of allylic oxidation sites excluding steroid dienone is 1. The largest absolute Gasteiger partial charge is 0.356 e. The summed E-state index contributed by atoms with van der Waals surface area (Å²) in [6, 6.07) is 4.23. The molecule has 1 aliphatic carbocycles. The first-order valence-corrected chi connectivity index (χ1v) is 10.7. The summed E-state index contributed by atoms with van der Waals surface area (Å²) in [5.41, 5.74) is 1.53. The van der Waals surface area contributed by atoms with Crippen molar-refractivity contribution in [1.82, 2.24) is 10.3 Å². The molecule has 1 aliphatic heterocycles. The maximum absolute atomic E-state index is 12.5. The first-order valence-electron chi connectivity index (χ1n) is 9.84. The maximum atomic E-state index is 12.5. The molecule has 2 aliphatic rings. The van der Waals surface area contributed by atoms with E-state index in [-0.39, 0.29) is 11.8 Å². The number of carbonyl (C=O) groups is 1. The van der Waals surface area contributed by atoms with Gasteiger partial charge in [-0.3, -0.25) is 4.79 Å². The van der Waals surface area contributed by atoms with Gasteiger partial charge >= 0.3 is 0 Å². The molecule has 0 aromatic carbocycles. The summed E-state index contributed by atoms with van der Waals surface area (Å²) in [4.78, 5) is 19.4. The molecular weight excluding hydrogens is 342 g/mol. The summed E-state index contributed by atoms with van der Waals surface area (Å²) in [7, 11) is 0. The van der Waals surface area contributed by atoms with Gasteiger partial charge in [0.2, 0.25) is 5.91 Å². The number of hydrogen-bond donors (Lipinski definition) is 1. The van der Waals surface area contributed by atoms with Crippen LogP contribution in [0, 0.1) is 5.92 Å². The predicted octanol–water partition coefficient (Wildman–Crippen LogP) is 4.52. The first kappa shape index (κ1) is 17.5. The third-order valence-electron chi connectivity index (χ3n) is 5.65. The van der Waals surface area contributed by atoms with Crippen LogP contribution in [0.4, 0.5) is 5.82 Å². The molecule has 2 aromatic rings. The van der Waals surface area contributed by atoms with Crippen molar-refractivity contribution >= 4 is 33.1 Å². The molecule has 3 heterocycles. The molecular formula is C21H27N3OS. The molecule has 2 aromatic heterocycles. The molecule has 1 saturated heterocycles. The van der Waals surface area contributed by atoms with E-state index >= 15 is 0 Å². The maximum Gasteiger partial charge on any atom is 0.223 e. The van der Waals surface area contributed by atoms with Crippen LogP contribution in [0.25, 0.3) is 10.1 Å². The number of hydrogen-bond acceptors (Lipinski definition) is 4. The number of piperidine rings is 1. The van der Waals surface area contributed by atoms with Gasteiger partial charge in [-0.15, -0.1) is 11.3 Å². The zero-order chi connectivity index (χ0) is 17.8. The zero-order valence-corrected chi connectivity index (χ0v) is 16.1. The third kappa shape index (κ3) is 3.93. The van der Waals surface area contributed by atoms with Crippen molar-refractivity contribution < 1.29 is 4.79 Å². The summed E-state index contributed by atoms with van der Waals surface area (Å²) in [5.74, 6) is 1.46. The molecule has 5 heteroatoms. The number of amides is 1. The minimum Gasteiger partial charge on any atom is -0.356 e. The van der Waals surface area contributed by atoms with Gasteiger partial charge in [0, 0.05) is 41.8 Å². The van der Waals surface area contributed by atoms with Crippen molar-refractivity contribution in [2.75, 3.05) is 24.5 Å². The number of carbonyl (C=O) groups excluding carboxylic acids is 1. The van der Waals surface area contributed by atoms with Gasteiger partial charge in [0.05, 0.1) is 0 Å². The van der Waals surface area contributed by atoms with Crippen molar-refractivity contribution in [3.8, 4) is 0 Å². The van der Waals surface area contributed by atoms with E-state index in [4.69, 9.17) is 0 Å². The van der Waals surface area contributed by atoms with Gasteiger partial charge in [-0.2, -0.15) is 0 Å². The van der Waals surface area contributed by atoms with E-state index in [2.05, 4.69) is 38.8 Å². The smallest absolute Gasteiger partial charge is 0.223 e. The predicted molar refractivity (Wildman–Crippen MR) is 109 cm³/mol. The SMILES string of the molecule is O=C(NCCC1=CCCCC1)C1CCN(c2nccc3sccc23)CC1. The Morgan fingerprint density at radius 1 is 1.27 bits per heavy atom. The fourth-order valence-electron chi connectivity index (χ4n) is 4.11. The van der Waals surface area contributed by atoms with Crippen LogP contribution in [0.3, 0.4) is 0 Å². The minimum absolute atomic E-state index is 0.147. The second kappa shape index (κ2) is 8.21. The van der Waals surface area contributed by atoms with Crippen LogP contribution in [0.15, 0.2) is 35.4 Å². The molecule has 1 amide bonds. The third-order valence-corrected chi connectivity index (χ3v) is 6.54. The molecule has 0 radical (unpaired) electrons. The Balaban J connectivity index is 1.27. The van der Waals surface area contributed by atoms with Gasteiger partial charge in [0.1, 0.15) is 5.82 Å². The lowest BCUT2D eigenvalue weighted by Gasteiger charge is -2.32. The number of thiophene rings is 1. The van der Waals surface area contributed by atoms with Crippen LogP contribution in [-0.2, 0) is 4.79 Å². The Morgan fingerprint density at radius 2 is 2.15 bits per heavy atom. The lowest BCUT2D eigenvalue weighted by molar-refractivity contribution is -0.125. The monoisotopic (exact) mass is 369 g/mol. The second-order valence-corrected chi connectivity index (χ2v) is 8.33. The van der Waals surface area contributed by atoms with Crippen LogP contribution in [0.1, 0.15) is 44.9 Å². The van der Waals surface area contributed by atoms with Crippen LogP contribution in [0.5, 0.6) is 0 Å². The Bertz CT molecular complexity index is 789. The van der Waals surface area contributed by atoms with Crippen LogP contribution < -0.4 is 10.2 Å². The van der Waals surface area contributed by atoms with E-state index in [1.807, 2.05) is 6.20 Å². The lowest BCUT2D eigenvalue weighted by Crippen LogP contribution is -2.41. The fourth-order valence-corrected chi connectivity index (χ4v) is 4.88. The van der Waals surface area contributed by atoms with Crippen LogP contribution >= 0.6 is 11.3 Å². The summed E-state index contributed by atoms with van der Waals surface area (Å²) >= 11 is 1.76. The standard InChI is InChI=1S/C21H27N3OS/c25-21(23-11-6-16-4-2-1-3-5-16)17-8-13-24(14-9-17)20-18-10-15-26-19(18)7-12-22-20/h4,7,10,12,15,17H,1-3,5-6,8-9,11,13-14H2,(H,23,25). The quantitative estimate of drug-likeness (QED) is 0.788. The van der Waals surface area contributed by atoms with Gasteiger partial charge in [0.15, 0.2) is 0 Å². The van der Waals surface area contributed by atoms with Gasteiger partial charge in [-0.1, -0.05) is 11.6 Å². The normalized spacial score (nSPS) is 18.8. The summed E-state index contributed by atoms with van der Waals surface area (Å²) in [5, 5.41) is 6.53. The van der Waals surface area contributed by atoms with Crippen molar-refractivity contribution in [2.45, 2.75) is 44.9 Å². The van der Waals surface area contributed by atoms with Crippen LogP contribution in [0.2, 0.25) is 0 Å². The molecule has 0 unspecified atom stereocenters. The number of nitrogens with one attached hydrogen (secondary N) is 1. The lowest BCUT2D eigenvalue weighted by atomic mass is 9.95. The van der Waals surface area contributed by atoms with Gasteiger partial charge in [-0.05, 0) is 62.5 Å². The van der Waals surface area contributed by atoms with Gasteiger partial charge in [-0.25, -0.2) is 4.98 Å². The van der Waals surface area contributed by atoms with Crippen molar-refractivity contribution in [2.24, 2.45) is 5.92 Å². The molecule has 0 spiro atoms. The Kier molecular flexibility index (Phi) is 5.54. The number of fused-ring (bicyclic) bond motifs is 1. The highest BCUT2D eigenvalue weighted by Gasteiger charge is 2.26. The molecule has 0 bridgehead atoms. The average molecular weight is 370 g/mol. The Labute approximate surface area is 159 Å². The van der Waals surface area contributed by atoms with Crippen molar-refractivity contribution in [3.63, 3.8) is 0 Å². The minimum atomic E-state index is 0.147. The number of rotatable bonds is 5. The molecule has 138 valence electrons. The van der Waals surface area contributed by atoms with Crippen molar-refractivity contribution in [3.05, 3.63) is 35.4 Å². The number of aromatic nitrogens is 1. The fraction of sp³-hybridized carbons (Fsp3) is 0.524. The average Bonchev–Trinajstić information content (AvgIpc) is 3.18. The number of anilines is 1. The van der Waals surface area contributed by atoms with E-state index in [0.29, 0.717) is 0 Å². The molecule has 1 N–H and O–H groups in total. The molecule has 0 atom stereocenters. The molecule has 0 saturated carbocycles. The van der Waals surface area contributed by atoms with Gasteiger partial charge in [0.25, 0.3) is 0 Å². The summed E-state index contributed by atoms with van der Waals surface area (Å²) < 4.78 is 1.28. The summed E-state index contributed by atoms with van der Waals surface area (Å²) in [6.45, 7) is 2.61. The van der Waals surface area contributed by atoms with E-state index in [9.17, 15) is 4.79 Å². The van der Waals surface area contributed by atoms with Crippen molar-refractivity contribution in [1.29, 1.82) is 0 Å². The Hall–Kier alpha value is -1.88.